The summed E-state index contributed by atoms with van der Waals surface area (Å²) in [6.45, 7) is 6.80. The smallest absolute Gasteiger partial charge is 0.322 e. The number of carbonyl (C=O) groups is 1. The van der Waals surface area contributed by atoms with Crippen molar-refractivity contribution in [1.82, 2.24) is 14.9 Å². The van der Waals surface area contributed by atoms with Crippen LogP contribution < -0.4 is 5.32 Å². The molecule has 2 heterocycles. The Hall–Kier alpha value is -1.69. The highest BCUT2D eigenvalue weighted by Crippen LogP contribution is 2.20. The SMILES string of the molecule is CC(C)(C)c1ncc(NC(=O)N2CCC[C@H]2CO)cn1. The van der Waals surface area contributed by atoms with Crippen molar-refractivity contribution in [1.29, 1.82) is 0 Å². The van der Waals surface area contributed by atoms with E-state index in [1.54, 1.807) is 17.3 Å². The van der Waals surface area contributed by atoms with E-state index in [-0.39, 0.29) is 24.1 Å². The Morgan fingerprint density at radius 1 is 1.45 bits per heavy atom. The number of likely N-dealkylation sites (tertiary alicyclic amines) is 1. The minimum absolute atomic E-state index is 0.00683. The summed E-state index contributed by atoms with van der Waals surface area (Å²) in [5.74, 6) is 0.741. The van der Waals surface area contributed by atoms with Crippen molar-refractivity contribution in [3.8, 4) is 0 Å². The van der Waals surface area contributed by atoms with Crippen molar-refractivity contribution in [3.63, 3.8) is 0 Å². The van der Waals surface area contributed by atoms with Crippen LogP contribution in [0.5, 0.6) is 0 Å². The maximum atomic E-state index is 12.1. The van der Waals surface area contributed by atoms with Crippen molar-refractivity contribution in [2.24, 2.45) is 0 Å². The lowest BCUT2D eigenvalue weighted by Gasteiger charge is -2.23. The predicted molar refractivity (Wildman–Crippen MR) is 76.6 cm³/mol. The summed E-state index contributed by atoms with van der Waals surface area (Å²) in [7, 11) is 0. The number of nitrogens with zero attached hydrogens (tertiary/aromatic N) is 3. The Morgan fingerprint density at radius 2 is 2.10 bits per heavy atom. The van der Waals surface area contributed by atoms with Crippen LogP contribution in [0.4, 0.5) is 10.5 Å². The minimum Gasteiger partial charge on any atom is -0.394 e. The van der Waals surface area contributed by atoms with Gasteiger partial charge < -0.3 is 15.3 Å². The Balaban J connectivity index is 2.01. The fourth-order valence-corrected chi connectivity index (χ4v) is 2.27. The molecule has 110 valence electrons. The lowest BCUT2D eigenvalue weighted by molar-refractivity contribution is 0.166. The third-order valence-corrected chi connectivity index (χ3v) is 3.42. The molecule has 0 bridgehead atoms. The van der Waals surface area contributed by atoms with Crippen molar-refractivity contribution in [2.45, 2.75) is 45.1 Å². The van der Waals surface area contributed by atoms with Gasteiger partial charge in [-0.1, -0.05) is 20.8 Å². The van der Waals surface area contributed by atoms with E-state index < -0.39 is 0 Å². The number of hydrogen-bond donors (Lipinski definition) is 2. The van der Waals surface area contributed by atoms with Crippen LogP contribution in [0.1, 0.15) is 39.4 Å². The first-order valence-electron chi connectivity index (χ1n) is 6.93. The second-order valence-electron chi connectivity index (χ2n) is 6.15. The summed E-state index contributed by atoms with van der Waals surface area (Å²) in [6.07, 6.45) is 5.02. The van der Waals surface area contributed by atoms with Gasteiger partial charge in [0.15, 0.2) is 0 Å². The lowest BCUT2D eigenvalue weighted by atomic mass is 9.96. The maximum Gasteiger partial charge on any atom is 0.322 e. The van der Waals surface area contributed by atoms with E-state index in [0.29, 0.717) is 12.2 Å². The zero-order valence-electron chi connectivity index (χ0n) is 12.3. The average Bonchev–Trinajstić information content (AvgIpc) is 2.86. The summed E-state index contributed by atoms with van der Waals surface area (Å²) in [5.41, 5.74) is 0.464. The summed E-state index contributed by atoms with van der Waals surface area (Å²) in [4.78, 5) is 22.3. The average molecular weight is 278 g/mol. The molecule has 0 aliphatic carbocycles. The van der Waals surface area contributed by atoms with Gasteiger partial charge in [-0.25, -0.2) is 14.8 Å². The highest BCUT2D eigenvalue weighted by molar-refractivity contribution is 5.89. The second-order valence-corrected chi connectivity index (χ2v) is 6.15. The van der Waals surface area contributed by atoms with Gasteiger partial charge in [-0.05, 0) is 12.8 Å². The number of nitrogens with one attached hydrogen (secondary N) is 1. The predicted octanol–water partition coefficient (Wildman–Crippen LogP) is 1.76. The Morgan fingerprint density at radius 3 is 2.65 bits per heavy atom. The van der Waals surface area contributed by atoms with Crippen LogP contribution in [0.15, 0.2) is 12.4 Å². The molecular weight excluding hydrogens is 256 g/mol. The zero-order chi connectivity index (χ0) is 14.8. The van der Waals surface area contributed by atoms with E-state index in [1.807, 2.05) is 20.8 Å². The van der Waals surface area contributed by atoms with Crippen LogP contribution >= 0.6 is 0 Å². The largest absolute Gasteiger partial charge is 0.394 e. The molecule has 1 fully saturated rings. The van der Waals surface area contributed by atoms with Crippen LogP contribution in [0, 0.1) is 0 Å². The van der Waals surface area contributed by atoms with Gasteiger partial charge in [-0.2, -0.15) is 0 Å². The topological polar surface area (TPSA) is 78.4 Å². The van der Waals surface area contributed by atoms with Gasteiger partial charge in [0.05, 0.1) is 30.7 Å². The maximum absolute atomic E-state index is 12.1. The van der Waals surface area contributed by atoms with E-state index in [1.165, 1.54) is 0 Å². The van der Waals surface area contributed by atoms with Gasteiger partial charge in [0.25, 0.3) is 0 Å². The molecule has 2 rings (SSSR count). The van der Waals surface area contributed by atoms with E-state index in [4.69, 9.17) is 0 Å². The number of aromatic nitrogens is 2. The van der Waals surface area contributed by atoms with E-state index in [2.05, 4.69) is 15.3 Å². The standard InChI is InChI=1S/C14H22N4O2/c1-14(2,3)12-15-7-10(8-16-12)17-13(20)18-6-4-5-11(18)9-19/h7-8,11,19H,4-6,9H2,1-3H3,(H,17,20)/t11-/m0/s1. The molecule has 20 heavy (non-hydrogen) atoms. The highest BCUT2D eigenvalue weighted by Gasteiger charge is 2.28. The minimum atomic E-state index is -0.200. The van der Waals surface area contributed by atoms with Crippen LogP contribution in [0.3, 0.4) is 0 Å². The molecule has 1 aliphatic rings. The molecular formula is C14H22N4O2. The summed E-state index contributed by atoms with van der Waals surface area (Å²) < 4.78 is 0. The van der Waals surface area contributed by atoms with Crippen molar-refractivity contribution < 1.29 is 9.90 Å². The molecule has 0 spiro atoms. The molecule has 0 saturated carbocycles. The number of aliphatic hydroxyl groups is 1. The first kappa shape index (κ1) is 14.7. The Kier molecular flexibility index (Phi) is 4.23. The van der Waals surface area contributed by atoms with Crippen molar-refractivity contribution in [2.75, 3.05) is 18.5 Å². The van der Waals surface area contributed by atoms with E-state index in [0.717, 1.165) is 18.7 Å². The molecule has 6 nitrogen and oxygen atoms in total. The van der Waals surface area contributed by atoms with Gasteiger partial charge in [0, 0.05) is 12.0 Å². The number of amides is 2. The molecule has 1 aromatic heterocycles. The summed E-state index contributed by atoms with van der Waals surface area (Å²) in [5, 5.41) is 12.0. The van der Waals surface area contributed by atoms with Crippen LogP contribution in [0.2, 0.25) is 0 Å². The monoisotopic (exact) mass is 278 g/mol. The molecule has 2 N–H and O–H groups in total. The summed E-state index contributed by atoms with van der Waals surface area (Å²) in [6, 6.07) is -0.279. The van der Waals surface area contributed by atoms with Crippen LogP contribution in [-0.2, 0) is 5.41 Å². The molecule has 0 unspecified atom stereocenters. The van der Waals surface area contributed by atoms with Crippen molar-refractivity contribution in [3.05, 3.63) is 18.2 Å². The quantitative estimate of drug-likeness (QED) is 0.864. The first-order valence-corrected chi connectivity index (χ1v) is 6.93. The molecule has 1 saturated heterocycles. The van der Waals surface area contributed by atoms with Crippen LogP contribution in [0.25, 0.3) is 0 Å². The first-order chi connectivity index (χ1) is 9.41. The fraction of sp³-hybridized carbons (Fsp3) is 0.643. The van der Waals surface area contributed by atoms with Gasteiger partial charge in [-0.15, -0.1) is 0 Å². The van der Waals surface area contributed by atoms with Gasteiger partial charge in [-0.3, -0.25) is 0 Å². The number of hydrogen-bond acceptors (Lipinski definition) is 4. The van der Waals surface area contributed by atoms with E-state index in [9.17, 15) is 9.90 Å². The second kappa shape index (κ2) is 5.75. The molecule has 1 atom stereocenters. The van der Waals surface area contributed by atoms with E-state index >= 15 is 0 Å². The Bertz CT molecular complexity index is 467. The molecule has 1 aromatic rings. The molecule has 0 aromatic carbocycles. The van der Waals surface area contributed by atoms with Gasteiger partial charge in [0.1, 0.15) is 5.82 Å². The Labute approximate surface area is 119 Å². The zero-order valence-corrected chi connectivity index (χ0v) is 12.3. The van der Waals surface area contributed by atoms with Gasteiger partial charge in [0.2, 0.25) is 0 Å². The lowest BCUT2D eigenvalue weighted by Crippen LogP contribution is -2.40. The summed E-state index contributed by atoms with van der Waals surface area (Å²) >= 11 is 0. The third kappa shape index (κ3) is 3.25. The van der Waals surface area contributed by atoms with Gasteiger partial charge >= 0.3 is 6.03 Å². The number of aliphatic hydroxyl groups excluding tert-OH is 1. The third-order valence-electron chi connectivity index (χ3n) is 3.42. The number of anilines is 1. The highest BCUT2D eigenvalue weighted by atomic mass is 16.3. The number of urea groups is 1. The fourth-order valence-electron chi connectivity index (χ4n) is 2.27. The normalized spacial score (nSPS) is 19.2. The molecule has 1 aliphatic heterocycles. The number of carbonyl (C=O) groups excluding carboxylic acids is 1. The molecule has 6 heteroatoms. The number of rotatable bonds is 2. The molecule has 0 radical (unpaired) electrons. The van der Waals surface area contributed by atoms with Crippen molar-refractivity contribution >= 4 is 11.7 Å². The van der Waals surface area contributed by atoms with Crippen LogP contribution in [-0.4, -0.2) is 45.2 Å². The molecule has 2 amide bonds.